The highest BCUT2D eigenvalue weighted by Crippen LogP contribution is 2.20. The number of nitrogens with zero attached hydrogens (tertiary/aromatic N) is 1. The van der Waals surface area contributed by atoms with Crippen molar-refractivity contribution in [2.75, 3.05) is 25.0 Å². The normalized spacial score (nSPS) is 18.3. The predicted molar refractivity (Wildman–Crippen MR) is 94.3 cm³/mol. The van der Waals surface area contributed by atoms with Gasteiger partial charge in [0.25, 0.3) is 0 Å². The van der Waals surface area contributed by atoms with Crippen LogP contribution in [-0.2, 0) is 19.6 Å². The van der Waals surface area contributed by atoms with Crippen molar-refractivity contribution in [3.8, 4) is 0 Å². The van der Waals surface area contributed by atoms with Crippen molar-refractivity contribution in [1.29, 1.82) is 0 Å². The summed E-state index contributed by atoms with van der Waals surface area (Å²) in [6.45, 7) is 4.10. The van der Waals surface area contributed by atoms with Crippen LogP contribution in [0.5, 0.6) is 0 Å². The van der Waals surface area contributed by atoms with Crippen LogP contribution in [0.3, 0.4) is 0 Å². The molecule has 1 aromatic rings. The van der Waals surface area contributed by atoms with Gasteiger partial charge >= 0.3 is 0 Å². The molecule has 2 rings (SSSR count). The first-order chi connectivity index (χ1) is 11.8. The Morgan fingerprint density at radius 1 is 1.44 bits per heavy atom. The maximum Gasteiger partial charge on any atom is 0.243 e. The maximum absolute atomic E-state index is 12.7. The van der Waals surface area contributed by atoms with Crippen molar-refractivity contribution >= 4 is 27.5 Å². The summed E-state index contributed by atoms with van der Waals surface area (Å²) in [5.74, 6) is -0.682. The Hall–Kier alpha value is -1.97. The van der Waals surface area contributed by atoms with E-state index in [4.69, 9.17) is 5.73 Å². The van der Waals surface area contributed by atoms with Crippen molar-refractivity contribution in [2.24, 2.45) is 11.7 Å². The van der Waals surface area contributed by atoms with Gasteiger partial charge in [-0.05, 0) is 24.1 Å². The van der Waals surface area contributed by atoms with Gasteiger partial charge in [0.15, 0.2) is 0 Å². The summed E-state index contributed by atoms with van der Waals surface area (Å²) in [5, 5.41) is 5.24. The number of nitrogens with one attached hydrogen (secondary N) is 2. The summed E-state index contributed by atoms with van der Waals surface area (Å²) in [6.07, 6.45) is 0.764. The lowest BCUT2D eigenvalue weighted by Crippen LogP contribution is -2.49. The van der Waals surface area contributed by atoms with Gasteiger partial charge in [-0.2, -0.15) is 4.31 Å². The molecule has 2 atom stereocenters. The number of carbonyl (C=O) groups is 2. The molecule has 0 spiro atoms. The van der Waals surface area contributed by atoms with Gasteiger partial charge in [-0.25, -0.2) is 8.42 Å². The molecule has 0 radical (unpaired) electrons. The molecule has 1 aromatic carbocycles. The second kappa shape index (κ2) is 7.94. The molecule has 25 heavy (non-hydrogen) atoms. The Morgan fingerprint density at radius 3 is 2.80 bits per heavy atom. The number of hydrogen-bond donors (Lipinski definition) is 3. The minimum Gasteiger partial charge on any atom is -0.354 e. The quantitative estimate of drug-likeness (QED) is 0.658. The lowest BCUT2D eigenvalue weighted by atomic mass is 9.99. The maximum atomic E-state index is 12.7. The number of benzene rings is 1. The molecule has 138 valence electrons. The van der Waals surface area contributed by atoms with Gasteiger partial charge in [0.1, 0.15) is 0 Å². The van der Waals surface area contributed by atoms with Crippen molar-refractivity contribution in [3.05, 3.63) is 24.3 Å². The minimum absolute atomic E-state index is 0.0128. The van der Waals surface area contributed by atoms with Gasteiger partial charge in [0, 0.05) is 18.8 Å². The van der Waals surface area contributed by atoms with Gasteiger partial charge in [-0.1, -0.05) is 26.3 Å². The highest BCUT2D eigenvalue weighted by molar-refractivity contribution is 7.89. The van der Waals surface area contributed by atoms with E-state index >= 15 is 0 Å². The van der Waals surface area contributed by atoms with Crippen LogP contribution >= 0.6 is 0 Å². The monoisotopic (exact) mass is 368 g/mol. The Labute approximate surface area is 147 Å². The summed E-state index contributed by atoms with van der Waals surface area (Å²) in [7, 11) is -3.80. The largest absolute Gasteiger partial charge is 0.354 e. The number of anilines is 1. The van der Waals surface area contributed by atoms with Gasteiger partial charge in [-0.3, -0.25) is 9.59 Å². The molecular weight excluding hydrogens is 344 g/mol. The first-order valence-electron chi connectivity index (χ1n) is 8.19. The molecule has 1 saturated heterocycles. The van der Waals surface area contributed by atoms with Crippen LogP contribution in [0.2, 0.25) is 0 Å². The van der Waals surface area contributed by atoms with E-state index in [9.17, 15) is 18.0 Å². The third-order valence-corrected chi connectivity index (χ3v) is 6.14. The molecular formula is C16H24N4O4S. The van der Waals surface area contributed by atoms with Crippen LogP contribution < -0.4 is 16.4 Å². The van der Waals surface area contributed by atoms with Crippen LogP contribution in [0.4, 0.5) is 5.69 Å². The molecule has 9 heteroatoms. The fraction of sp³-hybridized carbons (Fsp3) is 0.500. The molecule has 4 N–H and O–H groups in total. The zero-order valence-corrected chi connectivity index (χ0v) is 15.2. The molecule has 1 heterocycles. The van der Waals surface area contributed by atoms with Crippen LogP contribution in [0.15, 0.2) is 29.2 Å². The van der Waals surface area contributed by atoms with E-state index in [0.29, 0.717) is 5.69 Å². The Kier molecular flexibility index (Phi) is 6.15. The number of hydrogen-bond acceptors (Lipinski definition) is 5. The highest BCUT2D eigenvalue weighted by atomic mass is 32.2. The summed E-state index contributed by atoms with van der Waals surface area (Å²) in [5.41, 5.74) is 6.25. The first kappa shape index (κ1) is 19.4. The third-order valence-electron chi connectivity index (χ3n) is 4.30. The van der Waals surface area contributed by atoms with Gasteiger partial charge in [-0.15, -0.1) is 0 Å². The van der Waals surface area contributed by atoms with E-state index < -0.39 is 16.1 Å². The highest BCUT2D eigenvalue weighted by Gasteiger charge is 2.29. The molecule has 0 saturated carbocycles. The lowest BCUT2D eigenvalue weighted by Gasteiger charge is -2.26. The topological polar surface area (TPSA) is 122 Å². The van der Waals surface area contributed by atoms with E-state index in [-0.39, 0.29) is 42.3 Å². The van der Waals surface area contributed by atoms with Crippen LogP contribution in [0.1, 0.15) is 20.3 Å². The molecule has 0 aromatic heterocycles. The van der Waals surface area contributed by atoms with Crippen LogP contribution in [0, 0.1) is 5.92 Å². The van der Waals surface area contributed by atoms with Crippen molar-refractivity contribution in [1.82, 2.24) is 9.62 Å². The van der Waals surface area contributed by atoms with E-state index in [2.05, 4.69) is 10.6 Å². The predicted octanol–water partition coefficient (Wildman–Crippen LogP) is 0.119. The Morgan fingerprint density at radius 2 is 2.16 bits per heavy atom. The average molecular weight is 368 g/mol. The van der Waals surface area contributed by atoms with Crippen molar-refractivity contribution in [3.63, 3.8) is 0 Å². The zero-order chi connectivity index (χ0) is 18.6. The second-order valence-electron chi connectivity index (χ2n) is 6.12. The van der Waals surface area contributed by atoms with E-state index in [0.717, 1.165) is 10.7 Å². The molecule has 8 nitrogen and oxygen atoms in total. The van der Waals surface area contributed by atoms with E-state index in [1.54, 1.807) is 12.1 Å². The fourth-order valence-corrected chi connectivity index (χ4v) is 3.89. The summed E-state index contributed by atoms with van der Waals surface area (Å²) in [4.78, 5) is 23.6. The SMILES string of the molecule is CCC(C)C(N)C(=O)Nc1cccc(S(=O)(=O)N2CCNC(=O)C2)c1. The molecule has 1 fully saturated rings. The zero-order valence-electron chi connectivity index (χ0n) is 14.4. The minimum atomic E-state index is -3.80. The van der Waals surface area contributed by atoms with E-state index in [1.807, 2.05) is 13.8 Å². The number of rotatable bonds is 6. The Bertz CT molecular complexity index is 750. The van der Waals surface area contributed by atoms with Crippen molar-refractivity contribution < 1.29 is 18.0 Å². The molecule has 0 bridgehead atoms. The number of carbonyl (C=O) groups excluding carboxylic acids is 2. The molecule has 2 unspecified atom stereocenters. The number of nitrogens with two attached hydrogens (primary N) is 1. The third kappa shape index (κ3) is 4.56. The molecule has 1 aliphatic heterocycles. The number of amides is 2. The number of sulfonamides is 1. The Balaban J connectivity index is 2.18. The lowest BCUT2D eigenvalue weighted by molar-refractivity contribution is -0.122. The molecule has 1 aliphatic rings. The standard InChI is InChI=1S/C16H24N4O4S/c1-3-11(2)15(17)16(22)19-12-5-4-6-13(9-12)25(23,24)20-8-7-18-14(21)10-20/h4-6,9,11,15H,3,7-8,10,17H2,1-2H3,(H,18,21)(H,19,22). The number of piperazine rings is 1. The summed E-state index contributed by atoms with van der Waals surface area (Å²) < 4.78 is 26.5. The first-order valence-corrected chi connectivity index (χ1v) is 9.63. The molecule has 2 amide bonds. The average Bonchev–Trinajstić information content (AvgIpc) is 2.60. The van der Waals surface area contributed by atoms with Crippen molar-refractivity contribution in [2.45, 2.75) is 31.2 Å². The van der Waals surface area contributed by atoms with E-state index in [1.165, 1.54) is 12.1 Å². The molecule has 0 aliphatic carbocycles. The van der Waals surface area contributed by atoms with Gasteiger partial charge in [0.05, 0.1) is 17.5 Å². The summed E-state index contributed by atoms with van der Waals surface area (Å²) >= 11 is 0. The van der Waals surface area contributed by atoms with Crippen LogP contribution in [-0.4, -0.2) is 50.2 Å². The van der Waals surface area contributed by atoms with Crippen LogP contribution in [0.25, 0.3) is 0 Å². The van der Waals surface area contributed by atoms with Gasteiger partial charge < -0.3 is 16.4 Å². The fourth-order valence-electron chi connectivity index (χ4n) is 2.44. The second-order valence-corrected chi connectivity index (χ2v) is 8.05. The van der Waals surface area contributed by atoms with Gasteiger partial charge in [0.2, 0.25) is 21.8 Å². The summed E-state index contributed by atoms with van der Waals surface area (Å²) in [6, 6.07) is 5.29. The smallest absolute Gasteiger partial charge is 0.243 e.